The minimum absolute atomic E-state index is 0.403. The molecular formula is C49H54N3. The van der Waals surface area contributed by atoms with Crippen molar-refractivity contribution in [1.29, 1.82) is 0 Å². The van der Waals surface area contributed by atoms with E-state index >= 15 is 0 Å². The van der Waals surface area contributed by atoms with Gasteiger partial charge in [0, 0.05) is 46.8 Å². The summed E-state index contributed by atoms with van der Waals surface area (Å²) >= 11 is 0. The maximum atomic E-state index is 2.65. The van der Waals surface area contributed by atoms with Gasteiger partial charge < -0.3 is 14.7 Å². The van der Waals surface area contributed by atoms with Gasteiger partial charge in [-0.3, -0.25) is 0 Å². The molecule has 0 unspecified atom stereocenters. The summed E-state index contributed by atoms with van der Waals surface area (Å²) in [5.74, 6) is 1.61. The Morgan fingerprint density at radius 2 is 0.846 bits per heavy atom. The average Bonchev–Trinajstić information content (AvgIpc) is 3.59. The number of hydrogen-bond donors (Lipinski definition) is 0. The Balaban J connectivity index is 1.42. The van der Waals surface area contributed by atoms with Crippen molar-refractivity contribution in [2.24, 2.45) is 0 Å². The highest BCUT2D eigenvalue weighted by Crippen LogP contribution is 2.48. The first-order chi connectivity index (χ1) is 25.2. The second-order valence-corrected chi connectivity index (χ2v) is 15.5. The van der Waals surface area contributed by atoms with E-state index in [9.17, 15) is 0 Å². The van der Waals surface area contributed by atoms with E-state index in [1.807, 2.05) is 0 Å². The third-order valence-electron chi connectivity index (χ3n) is 10.7. The Kier molecular flexibility index (Phi) is 10.1. The SMILES string of the molecule is CC(C)c1cccc(C(C)C)c1N1CCN(c2c(C(C)C)cccc2C(C)C)[C]1c1ccc(N(c2ccccc2)c2cccc3ccccc23)cc1. The normalized spacial score (nSPS) is 13.8. The summed E-state index contributed by atoms with van der Waals surface area (Å²) in [6.07, 6.45) is 1.27. The molecule has 3 nitrogen and oxygen atoms in total. The molecule has 0 N–H and O–H groups in total. The first-order valence-electron chi connectivity index (χ1n) is 19.3. The largest absolute Gasteiger partial charge is 0.339 e. The van der Waals surface area contributed by atoms with Crippen molar-refractivity contribution >= 4 is 39.2 Å². The van der Waals surface area contributed by atoms with Gasteiger partial charge in [0.05, 0.1) is 5.69 Å². The lowest BCUT2D eigenvalue weighted by atomic mass is 9.90. The summed E-state index contributed by atoms with van der Waals surface area (Å²) in [5, 5.41) is 2.47. The Bertz CT molecular complexity index is 2000. The van der Waals surface area contributed by atoms with Crippen molar-refractivity contribution in [2.45, 2.75) is 79.1 Å². The molecule has 6 aromatic rings. The molecule has 0 spiro atoms. The smallest absolute Gasteiger partial charge is 0.187 e. The van der Waals surface area contributed by atoms with Crippen LogP contribution in [0.2, 0.25) is 0 Å². The van der Waals surface area contributed by atoms with Crippen LogP contribution in [-0.4, -0.2) is 13.1 Å². The van der Waals surface area contributed by atoms with Gasteiger partial charge >= 0.3 is 0 Å². The first kappa shape index (κ1) is 35.4. The molecule has 3 heteroatoms. The highest BCUT2D eigenvalue weighted by atomic mass is 15.4. The predicted octanol–water partition coefficient (Wildman–Crippen LogP) is 13.7. The van der Waals surface area contributed by atoms with Crippen LogP contribution >= 0.6 is 0 Å². The number of anilines is 5. The summed E-state index contributed by atoms with van der Waals surface area (Å²) in [6.45, 7) is 20.5. The predicted molar refractivity (Wildman–Crippen MR) is 225 cm³/mol. The number of nitrogens with zero attached hydrogens (tertiary/aromatic N) is 3. The topological polar surface area (TPSA) is 9.72 Å². The van der Waals surface area contributed by atoms with Crippen LogP contribution in [0.15, 0.2) is 133 Å². The van der Waals surface area contributed by atoms with E-state index in [4.69, 9.17) is 0 Å². The summed E-state index contributed by atoms with van der Waals surface area (Å²) in [5.41, 5.74) is 13.1. The Labute approximate surface area is 312 Å². The summed E-state index contributed by atoms with van der Waals surface area (Å²) < 4.78 is 0. The monoisotopic (exact) mass is 684 g/mol. The minimum Gasteiger partial charge on any atom is -0.339 e. The Hall–Kier alpha value is -5.02. The van der Waals surface area contributed by atoms with Crippen molar-refractivity contribution in [3.05, 3.63) is 167 Å². The fourth-order valence-electron chi connectivity index (χ4n) is 8.12. The van der Waals surface area contributed by atoms with Crippen LogP contribution in [0.3, 0.4) is 0 Å². The molecule has 6 aromatic carbocycles. The van der Waals surface area contributed by atoms with Gasteiger partial charge in [0.15, 0.2) is 6.17 Å². The van der Waals surface area contributed by atoms with Crippen LogP contribution in [-0.2, 0) is 0 Å². The quantitative estimate of drug-likeness (QED) is 0.142. The van der Waals surface area contributed by atoms with Crippen LogP contribution in [0.5, 0.6) is 0 Å². The van der Waals surface area contributed by atoms with E-state index in [2.05, 4.69) is 204 Å². The lowest BCUT2D eigenvalue weighted by Gasteiger charge is -2.37. The summed E-state index contributed by atoms with van der Waals surface area (Å²) in [4.78, 5) is 7.71. The fourth-order valence-corrected chi connectivity index (χ4v) is 8.12. The number of para-hydroxylation sites is 3. The van der Waals surface area contributed by atoms with Crippen LogP contribution in [0.25, 0.3) is 10.8 Å². The highest BCUT2D eigenvalue weighted by molar-refractivity contribution is 5.98. The summed E-state index contributed by atoms with van der Waals surface area (Å²) in [7, 11) is 0. The van der Waals surface area contributed by atoms with Crippen molar-refractivity contribution in [1.82, 2.24) is 0 Å². The van der Waals surface area contributed by atoms with E-state index in [1.54, 1.807) is 0 Å². The van der Waals surface area contributed by atoms with Crippen LogP contribution in [0, 0.1) is 6.17 Å². The van der Waals surface area contributed by atoms with Gasteiger partial charge in [-0.05, 0) is 81.6 Å². The molecule has 0 amide bonds. The zero-order valence-electron chi connectivity index (χ0n) is 32.3. The van der Waals surface area contributed by atoms with Gasteiger partial charge in [-0.25, -0.2) is 0 Å². The molecule has 0 aliphatic carbocycles. The molecule has 1 aliphatic rings. The second kappa shape index (κ2) is 14.9. The van der Waals surface area contributed by atoms with Gasteiger partial charge in [-0.1, -0.05) is 159 Å². The van der Waals surface area contributed by atoms with Crippen LogP contribution in [0.1, 0.15) is 107 Å². The van der Waals surface area contributed by atoms with Gasteiger partial charge in [0.2, 0.25) is 0 Å². The maximum Gasteiger partial charge on any atom is 0.187 e. The van der Waals surface area contributed by atoms with E-state index in [-0.39, 0.29) is 0 Å². The van der Waals surface area contributed by atoms with Crippen molar-refractivity contribution in [3.63, 3.8) is 0 Å². The second-order valence-electron chi connectivity index (χ2n) is 15.5. The third kappa shape index (κ3) is 6.58. The van der Waals surface area contributed by atoms with Gasteiger partial charge in [-0.15, -0.1) is 0 Å². The summed E-state index contributed by atoms with van der Waals surface area (Å²) in [6, 6.07) is 49.3. The molecule has 1 radical (unpaired) electrons. The molecule has 265 valence electrons. The van der Waals surface area contributed by atoms with E-state index < -0.39 is 0 Å². The molecule has 52 heavy (non-hydrogen) atoms. The zero-order chi connectivity index (χ0) is 36.5. The van der Waals surface area contributed by atoms with Crippen molar-refractivity contribution in [2.75, 3.05) is 27.8 Å². The first-order valence-corrected chi connectivity index (χ1v) is 19.3. The molecule has 0 bridgehead atoms. The fraction of sp³-hybridized carbons (Fsp3) is 0.286. The third-order valence-corrected chi connectivity index (χ3v) is 10.7. The van der Waals surface area contributed by atoms with E-state index in [0.29, 0.717) is 23.7 Å². The lowest BCUT2D eigenvalue weighted by Crippen LogP contribution is -2.34. The maximum absolute atomic E-state index is 2.65. The minimum atomic E-state index is 0.403. The number of hydrogen-bond acceptors (Lipinski definition) is 3. The van der Waals surface area contributed by atoms with Crippen LogP contribution < -0.4 is 14.7 Å². The lowest BCUT2D eigenvalue weighted by molar-refractivity contribution is 0.799. The number of benzene rings is 6. The van der Waals surface area contributed by atoms with Gasteiger partial charge in [0.1, 0.15) is 0 Å². The molecule has 0 atom stereocenters. The molecule has 0 aromatic heterocycles. The molecule has 1 aliphatic heterocycles. The molecule has 1 fully saturated rings. The molecule has 0 saturated carbocycles. The number of fused-ring (bicyclic) bond motifs is 1. The van der Waals surface area contributed by atoms with Crippen molar-refractivity contribution < 1.29 is 0 Å². The standard InChI is InChI=1S/C49H54N3/c1-33(2)41-22-15-23-42(34(3)4)47(41)50-31-32-51(48-43(35(5)6)24-16-25-44(48)36(7)8)49(50)38-27-29-40(30-28-38)52(39-19-10-9-11-20-39)46-26-14-18-37-17-12-13-21-45(37)46/h9-30,33-36H,31-32H2,1-8H3. The van der Waals surface area contributed by atoms with E-state index in [0.717, 1.165) is 24.5 Å². The van der Waals surface area contributed by atoms with Gasteiger partial charge in [-0.2, -0.15) is 0 Å². The molecule has 1 saturated heterocycles. The van der Waals surface area contributed by atoms with Crippen LogP contribution in [0.4, 0.5) is 28.4 Å². The molecule has 1 heterocycles. The van der Waals surface area contributed by atoms with E-state index in [1.165, 1.54) is 61.8 Å². The Morgan fingerprint density at radius 3 is 1.35 bits per heavy atom. The van der Waals surface area contributed by atoms with Gasteiger partial charge in [0.25, 0.3) is 0 Å². The number of rotatable bonds is 10. The zero-order valence-corrected chi connectivity index (χ0v) is 32.3. The average molecular weight is 685 g/mol. The Morgan fingerprint density at radius 1 is 0.423 bits per heavy atom. The highest BCUT2D eigenvalue weighted by Gasteiger charge is 2.40. The van der Waals surface area contributed by atoms with Crippen molar-refractivity contribution in [3.8, 4) is 0 Å². The molecule has 7 rings (SSSR count). The molecular weight excluding hydrogens is 631 g/mol.